The third-order valence-corrected chi connectivity index (χ3v) is 5.24. The third-order valence-electron chi connectivity index (χ3n) is 5.24. The summed E-state index contributed by atoms with van der Waals surface area (Å²) < 4.78 is 3.02. The Labute approximate surface area is 167 Å². The first-order chi connectivity index (χ1) is 14.1. The number of likely N-dealkylation sites (tertiary alicyclic amines) is 1. The van der Waals surface area contributed by atoms with Crippen LogP contribution in [0, 0.1) is 11.3 Å². The van der Waals surface area contributed by atoms with E-state index in [1.807, 2.05) is 36.4 Å². The molecule has 4 rings (SSSR count). The van der Waals surface area contributed by atoms with Crippen LogP contribution in [0.4, 0.5) is 0 Å². The number of hydrogen-bond acceptors (Lipinski definition) is 5. The van der Waals surface area contributed by atoms with Crippen LogP contribution in [-0.4, -0.2) is 43.2 Å². The maximum absolute atomic E-state index is 12.7. The molecule has 3 aromatic rings. The summed E-state index contributed by atoms with van der Waals surface area (Å²) in [6.07, 6.45) is 2.89. The van der Waals surface area contributed by atoms with Crippen LogP contribution in [0.2, 0.25) is 0 Å². The molecule has 1 aromatic carbocycles. The van der Waals surface area contributed by atoms with Gasteiger partial charge in [-0.3, -0.25) is 4.79 Å². The van der Waals surface area contributed by atoms with Crippen LogP contribution >= 0.6 is 0 Å². The summed E-state index contributed by atoms with van der Waals surface area (Å²) in [5, 5.41) is 13.3. The van der Waals surface area contributed by atoms with E-state index in [1.54, 1.807) is 28.6 Å². The molecule has 29 heavy (non-hydrogen) atoms. The summed E-state index contributed by atoms with van der Waals surface area (Å²) in [5.41, 5.74) is 1.38. The van der Waals surface area contributed by atoms with E-state index in [-0.39, 0.29) is 23.2 Å². The van der Waals surface area contributed by atoms with Crippen molar-refractivity contribution in [1.29, 1.82) is 5.26 Å². The Hall–Kier alpha value is -3.73. The monoisotopic (exact) mass is 388 g/mol. The van der Waals surface area contributed by atoms with Crippen LogP contribution < -0.4 is 5.69 Å². The number of carbonyl (C=O) groups excluding carboxylic acids is 1. The average molecular weight is 388 g/mol. The van der Waals surface area contributed by atoms with Gasteiger partial charge in [0.2, 0.25) is 0 Å². The summed E-state index contributed by atoms with van der Waals surface area (Å²) in [5.74, 6) is 0.727. The van der Waals surface area contributed by atoms with Gasteiger partial charge in [0.15, 0.2) is 0 Å². The lowest BCUT2D eigenvalue weighted by atomic mass is 9.95. The van der Waals surface area contributed by atoms with Gasteiger partial charge in [-0.25, -0.2) is 19.0 Å². The predicted molar refractivity (Wildman–Crippen MR) is 106 cm³/mol. The molecule has 2 aromatic heterocycles. The molecule has 0 N–H and O–H groups in total. The van der Waals surface area contributed by atoms with Gasteiger partial charge in [0.1, 0.15) is 17.6 Å². The van der Waals surface area contributed by atoms with Gasteiger partial charge < -0.3 is 4.90 Å². The molecule has 1 aliphatic rings. The van der Waals surface area contributed by atoms with E-state index in [9.17, 15) is 9.59 Å². The Morgan fingerprint density at radius 1 is 1.14 bits per heavy atom. The zero-order valence-corrected chi connectivity index (χ0v) is 16.0. The fourth-order valence-corrected chi connectivity index (χ4v) is 3.68. The van der Waals surface area contributed by atoms with Crippen LogP contribution in [0.5, 0.6) is 0 Å². The number of para-hydroxylation sites is 1. The number of piperidine rings is 1. The van der Waals surface area contributed by atoms with Crippen LogP contribution in [0.25, 0.3) is 5.69 Å². The summed E-state index contributed by atoms with van der Waals surface area (Å²) in [6, 6.07) is 14.6. The molecular formula is C21H20N6O2. The number of hydrogen-bond donors (Lipinski definition) is 0. The van der Waals surface area contributed by atoms with Gasteiger partial charge in [0, 0.05) is 32.3 Å². The Bertz CT molecular complexity index is 1120. The Morgan fingerprint density at radius 3 is 2.48 bits per heavy atom. The molecule has 3 heterocycles. The maximum atomic E-state index is 12.7. The summed E-state index contributed by atoms with van der Waals surface area (Å²) in [4.78, 5) is 31.1. The molecule has 0 saturated carbocycles. The first-order valence-electron chi connectivity index (χ1n) is 9.45. The number of benzene rings is 1. The molecular weight excluding hydrogens is 368 g/mol. The topological polar surface area (TPSA) is 96.8 Å². The smallest absolute Gasteiger partial charge is 0.339 e. The van der Waals surface area contributed by atoms with E-state index in [4.69, 9.17) is 5.26 Å². The van der Waals surface area contributed by atoms with Crippen LogP contribution in [0.3, 0.4) is 0 Å². The number of aromatic nitrogens is 4. The van der Waals surface area contributed by atoms with E-state index in [0.717, 1.165) is 24.4 Å². The molecule has 0 unspecified atom stereocenters. The fourth-order valence-electron chi connectivity index (χ4n) is 3.68. The largest absolute Gasteiger partial charge is 0.350 e. The zero-order valence-electron chi connectivity index (χ0n) is 16.0. The summed E-state index contributed by atoms with van der Waals surface area (Å²) >= 11 is 0. The van der Waals surface area contributed by atoms with Crippen molar-refractivity contribution in [2.75, 3.05) is 13.1 Å². The fraction of sp³-hybridized carbons (Fsp3) is 0.286. The lowest BCUT2D eigenvalue weighted by molar-refractivity contribution is 0.0710. The number of pyridine rings is 1. The van der Waals surface area contributed by atoms with Crippen molar-refractivity contribution in [2.45, 2.75) is 18.8 Å². The van der Waals surface area contributed by atoms with E-state index in [2.05, 4.69) is 10.1 Å². The van der Waals surface area contributed by atoms with Crippen molar-refractivity contribution >= 4 is 5.91 Å². The number of carbonyl (C=O) groups is 1. The number of nitrogens with zero attached hydrogens (tertiary/aromatic N) is 6. The third kappa shape index (κ3) is 3.55. The standard InChI is InChI=1S/C21H20N6O2/c1-25-21(29)27(18-5-3-2-4-6-18)19(24-25)15-9-11-26(12-10-15)20(28)16-7-8-17(13-22)23-14-16/h2-8,14-15H,9-12H2,1H3. The average Bonchev–Trinajstić information content (AvgIpc) is 3.08. The highest BCUT2D eigenvalue weighted by Gasteiger charge is 2.29. The van der Waals surface area contributed by atoms with Gasteiger partial charge in [-0.1, -0.05) is 18.2 Å². The van der Waals surface area contributed by atoms with E-state index in [0.29, 0.717) is 18.7 Å². The van der Waals surface area contributed by atoms with Crippen molar-refractivity contribution in [3.63, 3.8) is 0 Å². The highest BCUT2D eigenvalue weighted by atomic mass is 16.2. The van der Waals surface area contributed by atoms with Crippen LogP contribution in [0.1, 0.15) is 40.6 Å². The lowest BCUT2D eigenvalue weighted by Crippen LogP contribution is -2.38. The van der Waals surface area contributed by atoms with Gasteiger partial charge >= 0.3 is 5.69 Å². The molecule has 8 heteroatoms. The van der Waals surface area contributed by atoms with E-state index in [1.165, 1.54) is 10.9 Å². The first kappa shape index (κ1) is 18.6. The van der Waals surface area contributed by atoms with Crippen molar-refractivity contribution < 1.29 is 4.79 Å². The van der Waals surface area contributed by atoms with Gasteiger partial charge in [-0.05, 0) is 37.1 Å². The number of nitriles is 1. The summed E-state index contributed by atoms with van der Waals surface area (Å²) in [6.45, 7) is 1.14. The number of amides is 1. The van der Waals surface area contributed by atoms with Crippen LogP contribution in [0.15, 0.2) is 53.5 Å². The molecule has 0 spiro atoms. The number of aryl methyl sites for hydroxylation is 1. The normalized spacial score (nSPS) is 14.6. The van der Waals surface area contributed by atoms with Gasteiger partial charge in [0.25, 0.3) is 5.91 Å². The second-order valence-electron chi connectivity index (χ2n) is 7.05. The lowest BCUT2D eigenvalue weighted by Gasteiger charge is -2.31. The predicted octanol–water partition coefficient (Wildman–Crippen LogP) is 1.86. The number of rotatable bonds is 3. The summed E-state index contributed by atoms with van der Waals surface area (Å²) in [7, 11) is 1.65. The maximum Gasteiger partial charge on any atom is 0.350 e. The molecule has 1 saturated heterocycles. The zero-order chi connectivity index (χ0) is 20.4. The Kier molecular flexibility index (Phi) is 4.96. The minimum absolute atomic E-state index is 0.0900. The molecule has 146 valence electrons. The quantitative estimate of drug-likeness (QED) is 0.682. The second kappa shape index (κ2) is 7.72. The van der Waals surface area contributed by atoms with E-state index < -0.39 is 0 Å². The van der Waals surface area contributed by atoms with Crippen LogP contribution in [-0.2, 0) is 7.05 Å². The molecule has 0 aliphatic carbocycles. The van der Waals surface area contributed by atoms with Crippen molar-refractivity contribution in [3.8, 4) is 11.8 Å². The second-order valence-corrected chi connectivity index (χ2v) is 7.05. The molecule has 0 radical (unpaired) electrons. The Balaban J connectivity index is 1.52. The Morgan fingerprint density at radius 2 is 1.86 bits per heavy atom. The first-order valence-corrected chi connectivity index (χ1v) is 9.45. The van der Waals surface area contributed by atoms with Gasteiger partial charge in [0.05, 0.1) is 11.3 Å². The molecule has 0 bridgehead atoms. The highest BCUT2D eigenvalue weighted by molar-refractivity contribution is 5.94. The molecule has 1 fully saturated rings. The SMILES string of the molecule is Cn1nc(C2CCN(C(=O)c3ccc(C#N)nc3)CC2)n(-c2ccccc2)c1=O. The molecule has 1 amide bonds. The van der Waals surface area contributed by atoms with Gasteiger partial charge in [-0.2, -0.15) is 10.4 Å². The molecule has 1 aliphatic heterocycles. The van der Waals surface area contributed by atoms with Crippen molar-refractivity contribution in [1.82, 2.24) is 24.2 Å². The van der Waals surface area contributed by atoms with E-state index >= 15 is 0 Å². The van der Waals surface area contributed by atoms with Crippen molar-refractivity contribution in [3.05, 3.63) is 76.2 Å². The van der Waals surface area contributed by atoms with Gasteiger partial charge in [-0.15, -0.1) is 0 Å². The minimum atomic E-state index is -0.173. The minimum Gasteiger partial charge on any atom is -0.339 e. The molecule has 8 nitrogen and oxygen atoms in total. The molecule has 0 atom stereocenters. The van der Waals surface area contributed by atoms with Crippen molar-refractivity contribution in [2.24, 2.45) is 7.05 Å². The highest BCUT2D eigenvalue weighted by Crippen LogP contribution is 2.28.